The summed E-state index contributed by atoms with van der Waals surface area (Å²) in [6.45, 7) is 15.1. The SMILES string of the molecule is CCC(C)(C)c1ccc(OC(C)[C]=O)c(C(C)(C)CC)c1. The van der Waals surface area contributed by atoms with E-state index in [4.69, 9.17) is 4.74 Å². The van der Waals surface area contributed by atoms with E-state index >= 15 is 0 Å². The predicted octanol–water partition coefficient (Wildman–Crippen LogP) is 4.94. The highest BCUT2D eigenvalue weighted by molar-refractivity contribution is 5.57. The monoisotopic (exact) mass is 289 g/mol. The summed E-state index contributed by atoms with van der Waals surface area (Å²) in [5.74, 6) is 0.799. The quantitative estimate of drug-likeness (QED) is 0.710. The molecule has 0 aliphatic heterocycles. The molecular weight excluding hydrogens is 260 g/mol. The Morgan fingerprint density at radius 1 is 1.10 bits per heavy atom. The molecule has 0 amide bonds. The number of hydrogen-bond acceptors (Lipinski definition) is 2. The minimum absolute atomic E-state index is 0.0117. The van der Waals surface area contributed by atoms with Crippen molar-refractivity contribution in [3.63, 3.8) is 0 Å². The lowest BCUT2D eigenvalue weighted by molar-refractivity contribution is 0.269. The number of hydrogen-bond donors (Lipinski definition) is 0. The zero-order valence-electron chi connectivity index (χ0n) is 14.5. The van der Waals surface area contributed by atoms with Crippen LogP contribution in [0.5, 0.6) is 5.75 Å². The van der Waals surface area contributed by atoms with Crippen LogP contribution in [0.4, 0.5) is 0 Å². The Bertz CT molecular complexity index is 486. The second-order valence-corrected chi connectivity index (χ2v) is 7.06. The van der Waals surface area contributed by atoms with Crippen LogP contribution in [0.15, 0.2) is 18.2 Å². The van der Waals surface area contributed by atoms with Crippen LogP contribution in [-0.2, 0) is 15.6 Å². The molecule has 0 saturated carbocycles. The van der Waals surface area contributed by atoms with Gasteiger partial charge in [-0.1, -0.05) is 53.7 Å². The summed E-state index contributed by atoms with van der Waals surface area (Å²) in [5.41, 5.74) is 2.64. The van der Waals surface area contributed by atoms with Gasteiger partial charge in [0.05, 0.1) is 0 Å². The van der Waals surface area contributed by atoms with Gasteiger partial charge in [0, 0.05) is 5.56 Å². The van der Waals surface area contributed by atoms with Gasteiger partial charge in [0.2, 0.25) is 6.29 Å². The van der Waals surface area contributed by atoms with E-state index in [2.05, 4.69) is 53.7 Å². The lowest BCUT2D eigenvalue weighted by Gasteiger charge is -2.30. The highest BCUT2D eigenvalue weighted by Gasteiger charge is 2.27. The van der Waals surface area contributed by atoms with Crippen LogP contribution < -0.4 is 4.74 Å². The molecule has 1 unspecified atom stereocenters. The second kappa shape index (κ2) is 6.64. The van der Waals surface area contributed by atoms with Crippen molar-refractivity contribution in [3.05, 3.63) is 29.3 Å². The van der Waals surface area contributed by atoms with Crippen LogP contribution in [0.3, 0.4) is 0 Å². The standard InChI is InChI=1S/C19H29O2/c1-8-18(4,5)15-10-11-17(21-14(3)13-20)16(12-15)19(6,7)9-2/h10-12,14H,8-9H2,1-7H3. The van der Waals surface area contributed by atoms with Gasteiger partial charge in [-0.15, -0.1) is 0 Å². The fraction of sp³-hybridized carbons (Fsp3) is 0.632. The smallest absolute Gasteiger partial charge is 0.242 e. The molecule has 1 rings (SSSR count). The minimum atomic E-state index is -0.540. The van der Waals surface area contributed by atoms with Gasteiger partial charge in [-0.3, -0.25) is 4.79 Å². The molecule has 1 aromatic rings. The first kappa shape index (κ1) is 17.7. The molecule has 1 radical (unpaired) electrons. The van der Waals surface area contributed by atoms with Crippen molar-refractivity contribution in [2.24, 2.45) is 0 Å². The van der Waals surface area contributed by atoms with Crippen LogP contribution >= 0.6 is 0 Å². The Morgan fingerprint density at radius 3 is 2.14 bits per heavy atom. The van der Waals surface area contributed by atoms with E-state index in [0.29, 0.717) is 0 Å². The van der Waals surface area contributed by atoms with Crippen LogP contribution in [-0.4, -0.2) is 12.4 Å². The maximum atomic E-state index is 10.8. The molecule has 0 bridgehead atoms. The first-order valence-corrected chi connectivity index (χ1v) is 7.87. The fourth-order valence-corrected chi connectivity index (χ4v) is 2.19. The molecule has 0 aliphatic carbocycles. The summed E-state index contributed by atoms with van der Waals surface area (Å²) in [7, 11) is 0. The fourth-order valence-electron chi connectivity index (χ4n) is 2.19. The molecule has 2 heteroatoms. The van der Waals surface area contributed by atoms with E-state index in [-0.39, 0.29) is 10.8 Å². The highest BCUT2D eigenvalue weighted by atomic mass is 16.5. The van der Waals surface area contributed by atoms with E-state index < -0.39 is 6.10 Å². The summed E-state index contributed by atoms with van der Waals surface area (Å²) in [6, 6.07) is 6.37. The summed E-state index contributed by atoms with van der Waals surface area (Å²) in [6.07, 6.45) is 3.45. The third kappa shape index (κ3) is 4.09. The van der Waals surface area contributed by atoms with Gasteiger partial charge in [-0.25, -0.2) is 0 Å². The van der Waals surface area contributed by atoms with E-state index in [1.54, 1.807) is 6.92 Å². The molecule has 1 atom stereocenters. The number of benzene rings is 1. The van der Waals surface area contributed by atoms with Crippen LogP contribution in [0.25, 0.3) is 0 Å². The molecule has 1 aromatic carbocycles. The summed E-state index contributed by atoms with van der Waals surface area (Å²) >= 11 is 0. The summed E-state index contributed by atoms with van der Waals surface area (Å²) in [5, 5.41) is 0. The number of carbonyl (C=O) groups excluding carboxylic acids is 1. The topological polar surface area (TPSA) is 26.3 Å². The van der Waals surface area contributed by atoms with Crippen molar-refractivity contribution in [1.82, 2.24) is 0 Å². The van der Waals surface area contributed by atoms with Gasteiger partial charge in [0.25, 0.3) is 0 Å². The van der Waals surface area contributed by atoms with Gasteiger partial charge in [-0.2, -0.15) is 0 Å². The zero-order chi connectivity index (χ0) is 16.3. The highest BCUT2D eigenvalue weighted by Crippen LogP contribution is 2.38. The van der Waals surface area contributed by atoms with E-state index in [1.165, 1.54) is 11.1 Å². The second-order valence-electron chi connectivity index (χ2n) is 7.06. The third-order valence-electron chi connectivity index (χ3n) is 4.73. The molecule has 0 aliphatic rings. The third-order valence-corrected chi connectivity index (χ3v) is 4.73. The molecule has 0 aromatic heterocycles. The predicted molar refractivity (Wildman–Crippen MR) is 88.9 cm³/mol. The average molecular weight is 289 g/mol. The maximum absolute atomic E-state index is 10.8. The molecule has 2 nitrogen and oxygen atoms in total. The van der Waals surface area contributed by atoms with Crippen molar-refractivity contribution >= 4 is 6.29 Å². The van der Waals surface area contributed by atoms with Crippen molar-refractivity contribution in [3.8, 4) is 5.75 Å². The molecular formula is C19H29O2. The van der Waals surface area contributed by atoms with Crippen LogP contribution in [0, 0.1) is 0 Å². The van der Waals surface area contributed by atoms with Crippen molar-refractivity contribution in [2.45, 2.75) is 78.2 Å². The maximum Gasteiger partial charge on any atom is 0.242 e. The van der Waals surface area contributed by atoms with E-state index in [0.717, 1.165) is 18.6 Å². The van der Waals surface area contributed by atoms with Crippen molar-refractivity contribution in [1.29, 1.82) is 0 Å². The van der Waals surface area contributed by atoms with Crippen LogP contribution in [0.2, 0.25) is 0 Å². The van der Waals surface area contributed by atoms with Crippen LogP contribution in [0.1, 0.15) is 72.4 Å². The summed E-state index contributed by atoms with van der Waals surface area (Å²) in [4.78, 5) is 10.8. The van der Waals surface area contributed by atoms with Gasteiger partial charge in [-0.05, 0) is 42.2 Å². The van der Waals surface area contributed by atoms with Gasteiger partial charge < -0.3 is 4.74 Å². The molecule has 0 heterocycles. The largest absolute Gasteiger partial charge is 0.482 e. The molecule has 117 valence electrons. The molecule has 0 fully saturated rings. The normalized spacial score (nSPS) is 13.9. The summed E-state index contributed by atoms with van der Waals surface area (Å²) < 4.78 is 5.76. The average Bonchev–Trinajstić information content (AvgIpc) is 2.47. The zero-order valence-corrected chi connectivity index (χ0v) is 14.5. The Morgan fingerprint density at radius 2 is 1.67 bits per heavy atom. The molecule has 0 spiro atoms. The van der Waals surface area contributed by atoms with Crippen molar-refractivity contribution in [2.75, 3.05) is 0 Å². The Balaban J connectivity index is 3.36. The van der Waals surface area contributed by atoms with E-state index in [1.807, 2.05) is 12.4 Å². The first-order valence-electron chi connectivity index (χ1n) is 7.87. The molecule has 21 heavy (non-hydrogen) atoms. The van der Waals surface area contributed by atoms with Gasteiger partial charge in [0.15, 0.2) is 6.10 Å². The first-order chi connectivity index (χ1) is 9.67. The molecule has 0 N–H and O–H groups in total. The number of rotatable bonds is 7. The van der Waals surface area contributed by atoms with Gasteiger partial charge >= 0.3 is 0 Å². The minimum Gasteiger partial charge on any atom is -0.482 e. The van der Waals surface area contributed by atoms with Crippen molar-refractivity contribution < 1.29 is 9.53 Å². The van der Waals surface area contributed by atoms with Gasteiger partial charge in [0.1, 0.15) is 5.75 Å². The lowest BCUT2D eigenvalue weighted by Crippen LogP contribution is -2.23. The lowest BCUT2D eigenvalue weighted by atomic mass is 9.76. The Hall–Kier alpha value is -1.31. The Kier molecular flexibility index (Phi) is 5.61. The Labute approximate surface area is 129 Å². The van der Waals surface area contributed by atoms with E-state index in [9.17, 15) is 4.79 Å². The number of ether oxygens (including phenoxy) is 1. The molecule has 0 saturated heterocycles.